The van der Waals surface area contributed by atoms with Crippen LogP contribution in [-0.2, 0) is 42.6 Å². The molecule has 0 saturated carbocycles. The van der Waals surface area contributed by atoms with E-state index in [1.807, 2.05) is 0 Å². The van der Waals surface area contributed by atoms with Crippen molar-refractivity contribution in [3.8, 4) is 0 Å². The fourth-order valence-electron chi connectivity index (χ4n) is 5.24. The van der Waals surface area contributed by atoms with Crippen LogP contribution in [0.15, 0.2) is 0 Å². The standard InChI is InChI=1S/C40H82O9/c1-3-5-7-9-11-13-15-17-19-21-23-41-25-27-43-29-31-45-33-35-47-37-39-49-40-38-48-36-34-46-32-30-44-28-26-42-24-22-20-18-16-14-12-10-8-6-4-2/h3-40H2,1-2H3. The Balaban J connectivity index is 3.04. The quantitative estimate of drug-likeness (QED) is 0.0576. The summed E-state index contributed by atoms with van der Waals surface area (Å²) in [4.78, 5) is 0. The molecule has 0 fully saturated rings. The predicted molar refractivity (Wildman–Crippen MR) is 201 cm³/mol. The minimum atomic E-state index is 0.544. The maximum Gasteiger partial charge on any atom is 0.0701 e. The molecule has 0 spiro atoms. The smallest absolute Gasteiger partial charge is 0.0701 e. The van der Waals surface area contributed by atoms with E-state index in [4.69, 9.17) is 42.6 Å². The second kappa shape index (κ2) is 47.6. The first-order valence-electron chi connectivity index (χ1n) is 20.6. The third kappa shape index (κ3) is 47.6. The molecule has 0 unspecified atom stereocenters. The Kier molecular flexibility index (Phi) is 47.3. The van der Waals surface area contributed by atoms with E-state index < -0.39 is 0 Å². The van der Waals surface area contributed by atoms with Gasteiger partial charge in [-0.15, -0.1) is 0 Å². The van der Waals surface area contributed by atoms with E-state index in [2.05, 4.69) is 13.8 Å². The van der Waals surface area contributed by atoms with Gasteiger partial charge in [-0.25, -0.2) is 0 Å². The Bertz CT molecular complexity index is 510. The maximum atomic E-state index is 5.66. The highest BCUT2D eigenvalue weighted by molar-refractivity contribution is 4.49. The molecule has 0 radical (unpaired) electrons. The highest BCUT2D eigenvalue weighted by atomic mass is 16.6. The Morgan fingerprint density at radius 3 is 0.490 bits per heavy atom. The van der Waals surface area contributed by atoms with E-state index in [-0.39, 0.29) is 0 Å². The van der Waals surface area contributed by atoms with Crippen molar-refractivity contribution < 1.29 is 42.6 Å². The van der Waals surface area contributed by atoms with Crippen LogP contribution in [0.3, 0.4) is 0 Å². The van der Waals surface area contributed by atoms with Crippen LogP contribution in [-0.4, -0.2) is 119 Å². The summed E-state index contributed by atoms with van der Waals surface area (Å²) in [5, 5.41) is 0. The third-order valence-corrected chi connectivity index (χ3v) is 8.26. The number of unbranched alkanes of at least 4 members (excludes halogenated alkanes) is 18. The molecule has 0 saturated heterocycles. The zero-order valence-electron chi connectivity index (χ0n) is 32.5. The van der Waals surface area contributed by atoms with Gasteiger partial charge in [-0.3, -0.25) is 0 Å². The van der Waals surface area contributed by atoms with Crippen molar-refractivity contribution in [3.63, 3.8) is 0 Å². The molecular weight excluding hydrogens is 624 g/mol. The van der Waals surface area contributed by atoms with Crippen LogP contribution in [0.2, 0.25) is 0 Å². The van der Waals surface area contributed by atoms with E-state index in [0.29, 0.717) is 106 Å². The number of hydrogen-bond acceptors (Lipinski definition) is 9. The monoisotopic (exact) mass is 707 g/mol. The van der Waals surface area contributed by atoms with E-state index in [9.17, 15) is 0 Å². The molecule has 0 aliphatic carbocycles. The molecule has 296 valence electrons. The van der Waals surface area contributed by atoms with Crippen molar-refractivity contribution in [1.82, 2.24) is 0 Å². The summed E-state index contributed by atoms with van der Waals surface area (Å²) < 4.78 is 50.1. The fourth-order valence-corrected chi connectivity index (χ4v) is 5.24. The van der Waals surface area contributed by atoms with E-state index in [1.54, 1.807) is 0 Å². The summed E-state index contributed by atoms with van der Waals surface area (Å²) in [6.45, 7) is 15.5. The highest BCUT2D eigenvalue weighted by Crippen LogP contribution is 2.11. The number of ether oxygens (including phenoxy) is 9. The lowest BCUT2D eigenvalue weighted by molar-refractivity contribution is -0.0250. The molecule has 0 amide bonds. The largest absolute Gasteiger partial charge is 0.379 e. The van der Waals surface area contributed by atoms with Crippen LogP contribution >= 0.6 is 0 Å². The average Bonchev–Trinajstić information content (AvgIpc) is 3.11. The minimum absolute atomic E-state index is 0.544. The van der Waals surface area contributed by atoms with Gasteiger partial charge >= 0.3 is 0 Å². The molecule has 0 rings (SSSR count). The summed E-state index contributed by atoms with van der Waals surface area (Å²) in [5.74, 6) is 0. The van der Waals surface area contributed by atoms with Gasteiger partial charge in [0.2, 0.25) is 0 Å². The van der Waals surface area contributed by atoms with Crippen LogP contribution in [0.25, 0.3) is 0 Å². The average molecular weight is 707 g/mol. The molecule has 0 bridgehead atoms. The van der Waals surface area contributed by atoms with Crippen LogP contribution in [0.1, 0.15) is 142 Å². The summed E-state index contributed by atoms with van der Waals surface area (Å²) in [5.41, 5.74) is 0. The topological polar surface area (TPSA) is 83.1 Å². The zero-order valence-corrected chi connectivity index (χ0v) is 32.5. The van der Waals surface area contributed by atoms with Gasteiger partial charge in [0, 0.05) is 13.2 Å². The lowest BCUT2D eigenvalue weighted by atomic mass is 10.1. The molecule has 0 heterocycles. The van der Waals surface area contributed by atoms with Crippen molar-refractivity contribution in [2.24, 2.45) is 0 Å². The Morgan fingerprint density at radius 1 is 0.163 bits per heavy atom. The summed E-state index contributed by atoms with van der Waals surface area (Å²) in [7, 11) is 0. The van der Waals surface area contributed by atoms with Crippen LogP contribution < -0.4 is 0 Å². The second-order valence-corrected chi connectivity index (χ2v) is 12.9. The fraction of sp³-hybridized carbons (Fsp3) is 1.00. The van der Waals surface area contributed by atoms with Crippen molar-refractivity contribution >= 4 is 0 Å². The molecule has 0 aromatic rings. The molecular formula is C40H82O9. The molecule has 9 heteroatoms. The molecule has 0 aromatic carbocycles. The van der Waals surface area contributed by atoms with Crippen molar-refractivity contribution in [1.29, 1.82) is 0 Å². The first-order valence-corrected chi connectivity index (χ1v) is 20.6. The summed E-state index contributed by atoms with van der Waals surface area (Å²) in [6.07, 6.45) is 26.9. The maximum absolute atomic E-state index is 5.66. The minimum Gasteiger partial charge on any atom is -0.379 e. The summed E-state index contributed by atoms with van der Waals surface area (Å²) in [6, 6.07) is 0. The van der Waals surface area contributed by atoms with E-state index >= 15 is 0 Å². The first kappa shape index (κ1) is 48.6. The molecule has 49 heavy (non-hydrogen) atoms. The molecule has 0 N–H and O–H groups in total. The van der Waals surface area contributed by atoms with Gasteiger partial charge in [0.15, 0.2) is 0 Å². The van der Waals surface area contributed by atoms with Crippen LogP contribution in [0.5, 0.6) is 0 Å². The first-order chi connectivity index (χ1) is 24.4. The molecule has 0 aromatic heterocycles. The normalized spacial score (nSPS) is 11.6. The Hall–Kier alpha value is -0.360. The van der Waals surface area contributed by atoms with Gasteiger partial charge in [0.1, 0.15) is 0 Å². The Morgan fingerprint density at radius 2 is 0.306 bits per heavy atom. The highest BCUT2D eigenvalue weighted by Gasteiger charge is 1.98. The number of hydrogen-bond donors (Lipinski definition) is 0. The van der Waals surface area contributed by atoms with E-state index in [0.717, 1.165) is 26.1 Å². The van der Waals surface area contributed by atoms with Gasteiger partial charge in [0.05, 0.1) is 106 Å². The van der Waals surface area contributed by atoms with Gasteiger partial charge in [0.25, 0.3) is 0 Å². The zero-order chi connectivity index (χ0) is 35.2. The summed E-state index contributed by atoms with van der Waals surface area (Å²) >= 11 is 0. The van der Waals surface area contributed by atoms with Crippen LogP contribution in [0.4, 0.5) is 0 Å². The second-order valence-electron chi connectivity index (χ2n) is 12.9. The molecule has 0 aliphatic rings. The molecule has 0 aliphatic heterocycles. The van der Waals surface area contributed by atoms with Crippen molar-refractivity contribution in [2.75, 3.05) is 119 Å². The SMILES string of the molecule is CCCCCCCCCCCCOCCOCCOCCOCCOCCOCCOCCOCCOCCCCCCCCCCCC. The van der Waals surface area contributed by atoms with Gasteiger partial charge in [-0.1, -0.05) is 129 Å². The van der Waals surface area contributed by atoms with E-state index in [1.165, 1.54) is 116 Å². The lowest BCUT2D eigenvalue weighted by Crippen LogP contribution is -2.15. The van der Waals surface area contributed by atoms with Crippen LogP contribution in [0, 0.1) is 0 Å². The van der Waals surface area contributed by atoms with Gasteiger partial charge in [-0.2, -0.15) is 0 Å². The van der Waals surface area contributed by atoms with Crippen molar-refractivity contribution in [2.45, 2.75) is 142 Å². The lowest BCUT2D eigenvalue weighted by Gasteiger charge is -2.09. The van der Waals surface area contributed by atoms with Gasteiger partial charge < -0.3 is 42.6 Å². The third-order valence-electron chi connectivity index (χ3n) is 8.26. The molecule has 9 nitrogen and oxygen atoms in total. The predicted octanol–water partition coefficient (Wildman–Crippen LogP) is 8.98. The Labute approximate surface area is 303 Å². The van der Waals surface area contributed by atoms with Crippen molar-refractivity contribution in [3.05, 3.63) is 0 Å². The van der Waals surface area contributed by atoms with Gasteiger partial charge in [-0.05, 0) is 12.8 Å². The molecule has 0 atom stereocenters. The number of rotatable bonds is 46.